The molecule has 4 nitrogen and oxygen atoms in total. The van der Waals surface area contributed by atoms with E-state index in [-0.39, 0.29) is 24.0 Å². The highest BCUT2D eigenvalue weighted by Gasteiger charge is 2.50. The summed E-state index contributed by atoms with van der Waals surface area (Å²) in [5, 5.41) is 32.9. The second-order valence-electron chi connectivity index (χ2n) is 11.6. The highest BCUT2D eigenvalue weighted by molar-refractivity contribution is 6.99. The Kier molecular flexibility index (Phi) is 11.9. The lowest BCUT2D eigenvalue weighted by molar-refractivity contribution is 0.197. The van der Waals surface area contributed by atoms with Gasteiger partial charge in [-0.2, -0.15) is 0 Å². The van der Waals surface area contributed by atoms with Gasteiger partial charge in [-0.1, -0.05) is 131 Å². The molecule has 0 bridgehead atoms. The van der Waals surface area contributed by atoms with Crippen LogP contribution < -0.4 is 10.4 Å². The number of rotatable bonds is 14. The van der Waals surface area contributed by atoms with Gasteiger partial charge in [0.2, 0.25) is 0 Å². The third-order valence-electron chi connectivity index (χ3n) is 7.53. The van der Waals surface area contributed by atoms with Crippen molar-refractivity contribution in [3.63, 3.8) is 0 Å². The molecular formula is C36H46O4Si. The Morgan fingerprint density at radius 3 is 1.95 bits per heavy atom. The molecule has 1 unspecified atom stereocenters. The molecule has 0 aliphatic rings. The molecule has 3 aromatic carbocycles. The number of benzene rings is 3. The second kappa shape index (κ2) is 15.1. The Labute approximate surface area is 247 Å². The van der Waals surface area contributed by atoms with Crippen molar-refractivity contribution in [3.8, 4) is 5.75 Å². The zero-order valence-corrected chi connectivity index (χ0v) is 26.0. The molecule has 41 heavy (non-hydrogen) atoms. The summed E-state index contributed by atoms with van der Waals surface area (Å²) >= 11 is 0. The molecule has 218 valence electrons. The van der Waals surface area contributed by atoms with Crippen molar-refractivity contribution in [1.82, 2.24) is 0 Å². The fourth-order valence-corrected chi connectivity index (χ4v) is 10.1. The van der Waals surface area contributed by atoms with Crippen LogP contribution in [-0.4, -0.2) is 43.0 Å². The first-order chi connectivity index (χ1) is 19.6. The smallest absolute Gasteiger partial charge is 0.261 e. The van der Waals surface area contributed by atoms with Gasteiger partial charge >= 0.3 is 0 Å². The highest BCUT2D eigenvalue weighted by atomic mass is 28.4. The zero-order chi connectivity index (χ0) is 29.9. The van der Waals surface area contributed by atoms with Gasteiger partial charge < -0.3 is 19.7 Å². The van der Waals surface area contributed by atoms with Crippen LogP contribution in [0.1, 0.15) is 58.9 Å². The van der Waals surface area contributed by atoms with Crippen molar-refractivity contribution in [1.29, 1.82) is 0 Å². The lowest BCUT2D eigenvalue weighted by Crippen LogP contribution is -2.66. The van der Waals surface area contributed by atoms with Crippen molar-refractivity contribution in [2.24, 2.45) is 0 Å². The normalized spacial score (nSPS) is 13.7. The van der Waals surface area contributed by atoms with Gasteiger partial charge in [-0.05, 0) is 63.5 Å². The predicted octanol–water partition coefficient (Wildman–Crippen LogP) is 6.77. The lowest BCUT2D eigenvalue weighted by Gasteiger charge is -2.43. The van der Waals surface area contributed by atoms with Crippen LogP contribution in [0.5, 0.6) is 5.75 Å². The summed E-state index contributed by atoms with van der Waals surface area (Å²) < 4.78 is 7.03. The van der Waals surface area contributed by atoms with Crippen molar-refractivity contribution in [2.45, 2.75) is 64.5 Å². The molecule has 0 saturated carbocycles. The molecule has 0 radical (unpaired) electrons. The second-order valence-corrected chi connectivity index (χ2v) is 15.9. The van der Waals surface area contributed by atoms with Crippen molar-refractivity contribution in [3.05, 3.63) is 120 Å². The summed E-state index contributed by atoms with van der Waals surface area (Å²) in [6.07, 6.45) is 6.15. The molecule has 1 atom stereocenters. The summed E-state index contributed by atoms with van der Waals surface area (Å²) in [7, 11) is -2.77. The first kappa shape index (κ1) is 32.3. The number of aromatic hydroxyl groups is 1. The number of aliphatic hydroxyl groups excluding tert-OH is 2. The van der Waals surface area contributed by atoms with E-state index in [9.17, 15) is 15.3 Å². The van der Waals surface area contributed by atoms with Crippen LogP contribution in [0.3, 0.4) is 0 Å². The van der Waals surface area contributed by atoms with Gasteiger partial charge in [0.05, 0.1) is 19.3 Å². The molecule has 3 aromatic rings. The Bertz CT molecular complexity index is 1250. The molecule has 3 N–H and O–H groups in total. The summed E-state index contributed by atoms with van der Waals surface area (Å²) in [5.74, 6) is 0.243. The van der Waals surface area contributed by atoms with E-state index in [2.05, 4.69) is 88.9 Å². The molecule has 0 heterocycles. The van der Waals surface area contributed by atoms with Crippen LogP contribution in [0.4, 0.5) is 0 Å². The molecule has 0 fully saturated rings. The maximum atomic E-state index is 11.3. The molecule has 0 aromatic heterocycles. The predicted molar refractivity (Wildman–Crippen MR) is 174 cm³/mol. The third kappa shape index (κ3) is 8.40. The summed E-state index contributed by atoms with van der Waals surface area (Å²) in [6.45, 7) is 13.2. The van der Waals surface area contributed by atoms with Crippen molar-refractivity contribution in [2.75, 3.05) is 13.2 Å². The van der Waals surface area contributed by atoms with Crippen LogP contribution in [0.2, 0.25) is 5.04 Å². The number of phenols is 1. The average Bonchev–Trinajstić information content (AvgIpc) is 2.96. The minimum atomic E-state index is -2.77. The summed E-state index contributed by atoms with van der Waals surface area (Å²) in [6, 6.07) is 28.1. The van der Waals surface area contributed by atoms with Gasteiger partial charge in [0.25, 0.3) is 8.32 Å². The van der Waals surface area contributed by atoms with Crippen LogP contribution in [0.25, 0.3) is 6.08 Å². The zero-order valence-electron chi connectivity index (χ0n) is 25.0. The Hall–Kier alpha value is -3.22. The third-order valence-corrected chi connectivity index (χ3v) is 12.5. The van der Waals surface area contributed by atoms with E-state index >= 15 is 0 Å². The Balaban J connectivity index is 1.83. The van der Waals surface area contributed by atoms with Crippen LogP contribution in [0.15, 0.2) is 114 Å². The van der Waals surface area contributed by atoms with Crippen molar-refractivity contribution >= 4 is 24.8 Å². The largest absolute Gasteiger partial charge is 0.508 e. The molecule has 0 saturated heterocycles. The minimum Gasteiger partial charge on any atom is -0.508 e. The molecule has 0 aliphatic heterocycles. The number of hydrogen-bond acceptors (Lipinski definition) is 4. The quantitative estimate of drug-likeness (QED) is 0.148. The van der Waals surface area contributed by atoms with E-state index in [4.69, 9.17) is 4.43 Å². The number of allylic oxidation sites excluding steroid dienone is 1. The number of phenolic OH excluding ortho intramolecular Hbond substituents is 1. The fourth-order valence-electron chi connectivity index (χ4n) is 5.53. The van der Waals surface area contributed by atoms with E-state index in [1.165, 1.54) is 15.9 Å². The summed E-state index contributed by atoms with van der Waals surface area (Å²) in [4.78, 5) is 0. The van der Waals surface area contributed by atoms with E-state index in [1.54, 1.807) is 18.2 Å². The van der Waals surface area contributed by atoms with Crippen LogP contribution >= 0.6 is 0 Å². The molecule has 3 rings (SSSR count). The lowest BCUT2D eigenvalue weighted by atomic mass is 9.94. The SMILES string of the molecule is C=C(CO[Si](c1ccccc1)(c1ccccc1)C(C)(C)C)/C(=C/CO)C(O)CC/C(=C/c1ccc(O)cc1)CCC. The first-order valence-electron chi connectivity index (χ1n) is 14.5. The van der Waals surface area contributed by atoms with Gasteiger partial charge in [-0.3, -0.25) is 0 Å². The molecule has 5 heteroatoms. The first-order valence-corrected chi connectivity index (χ1v) is 16.4. The highest BCUT2D eigenvalue weighted by Crippen LogP contribution is 2.37. The molecule has 0 spiro atoms. The number of hydrogen-bond donors (Lipinski definition) is 3. The molecule has 0 aliphatic carbocycles. The Morgan fingerprint density at radius 1 is 0.902 bits per heavy atom. The molecular weight excluding hydrogens is 524 g/mol. The van der Waals surface area contributed by atoms with Gasteiger partial charge in [0.1, 0.15) is 5.75 Å². The maximum absolute atomic E-state index is 11.3. The van der Waals surface area contributed by atoms with Gasteiger partial charge in [-0.15, -0.1) is 0 Å². The summed E-state index contributed by atoms with van der Waals surface area (Å²) in [5.41, 5.74) is 3.56. The van der Waals surface area contributed by atoms with Crippen molar-refractivity contribution < 1.29 is 19.7 Å². The Morgan fingerprint density at radius 2 is 1.46 bits per heavy atom. The van der Waals surface area contributed by atoms with E-state index in [0.717, 1.165) is 18.4 Å². The number of aliphatic hydroxyl groups is 2. The van der Waals surface area contributed by atoms with Gasteiger partial charge in [-0.25, -0.2) is 0 Å². The van der Waals surface area contributed by atoms with E-state index < -0.39 is 14.4 Å². The maximum Gasteiger partial charge on any atom is 0.261 e. The van der Waals surface area contributed by atoms with E-state index in [0.29, 0.717) is 24.0 Å². The minimum absolute atomic E-state index is 0.177. The monoisotopic (exact) mass is 570 g/mol. The standard InChI is InChI=1S/C36H46O4Si/c1-6-13-29(26-30-18-21-31(38)22-19-30)20-23-35(39)34(24-25-37)28(2)27-40-41(36(3,4)5,32-14-9-7-10-15-32)33-16-11-8-12-17-33/h7-12,14-19,21-22,24,26,35,37-39H,2,6,13,20,23,25,27H2,1,3-5H3/b29-26+,34-24-. The average molecular weight is 571 g/mol. The van der Waals surface area contributed by atoms with Gasteiger partial charge in [0, 0.05) is 0 Å². The fraction of sp³-hybridized carbons (Fsp3) is 0.333. The molecule has 0 amide bonds. The van der Waals surface area contributed by atoms with E-state index in [1.807, 2.05) is 24.3 Å². The van der Waals surface area contributed by atoms with Gasteiger partial charge in [0.15, 0.2) is 0 Å². The van der Waals surface area contributed by atoms with Crippen LogP contribution in [-0.2, 0) is 4.43 Å². The topological polar surface area (TPSA) is 69.9 Å². The van der Waals surface area contributed by atoms with Crippen LogP contribution in [0, 0.1) is 0 Å².